The van der Waals surface area contributed by atoms with Gasteiger partial charge in [0.05, 0.1) is 6.20 Å². The molecule has 7 heteroatoms. The van der Waals surface area contributed by atoms with Crippen molar-refractivity contribution in [3.63, 3.8) is 0 Å². The number of anilines is 1. The molecule has 0 spiro atoms. The second-order valence-electron chi connectivity index (χ2n) is 4.34. The number of hydrogen-bond acceptors (Lipinski definition) is 5. The number of allylic oxidation sites excluding steroid dienone is 2. The van der Waals surface area contributed by atoms with Crippen molar-refractivity contribution >= 4 is 5.69 Å². The summed E-state index contributed by atoms with van der Waals surface area (Å²) < 4.78 is 15.5. The molecule has 0 fully saturated rings. The second-order valence-corrected chi connectivity index (χ2v) is 4.34. The SMILES string of the molecule is Cc1cnn(-c2ccc(NC(C#N)=C(C#N)C#N)cc2F)c1. The molecule has 0 amide bonds. The maximum atomic E-state index is 14.1. The molecule has 106 valence electrons. The molecule has 1 aromatic heterocycles. The van der Waals surface area contributed by atoms with Crippen molar-refractivity contribution in [2.45, 2.75) is 6.92 Å². The minimum atomic E-state index is -0.555. The first-order valence-electron chi connectivity index (χ1n) is 6.12. The van der Waals surface area contributed by atoms with Crippen LogP contribution in [0.3, 0.4) is 0 Å². The number of halogens is 1. The monoisotopic (exact) mass is 292 g/mol. The summed E-state index contributed by atoms with van der Waals surface area (Å²) in [6.07, 6.45) is 3.28. The van der Waals surface area contributed by atoms with Gasteiger partial charge < -0.3 is 5.32 Å². The Kier molecular flexibility index (Phi) is 4.17. The first kappa shape index (κ1) is 14.8. The van der Waals surface area contributed by atoms with E-state index >= 15 is 0 Å². The molecular formula is C15H9FN6. The van der Waals surface area contributed by atoms with Crippen LogP contribution in [0, 0.1) is 46.7 Å². The first-order chi connectivity index (χ1) is 10.6. The minimum absolute atomic E-state index is 0.230. The summed E-state index contributed by atoms with van der Waals surface area (Å²) in [6, 6.07) is 9.08. The van der Waals surface area contributed by atoms with Crippen molar-refractivity contribution in [2.75, 3.05) is 5.32 Å². The van der Waals surface area contributed by atoms with Crippen molar-refractivity contribution in [2.24, 2.45) is 0 Å². The Morgan fingerprint density at radius 2 is 1.95 bits per heavy atom. The van der Waals surface area contributed by atoms with Crippen LogP contribution in [-0.4, -0.2) is 9.78 Å². The van der Waals surface area contributed by atoms with E-state index in [2.05, 4.69) is 10.4 Å². The summed E-state index contributed by atoms with van der Waals surface area (Å²) >= 11 is 0. The lowest BCUT2D eigenvalue weighted by atomic mass is 10.2. The number of nitrogens with zero attached hydrogens (tertiary/aromatic N) is 5. The predicted octanol–water partition coefficient (Wildman–Crippen LogP) is 2.56. The van der Waals surface area contributed by atoms with Crippen LogP contribution in [0.4, 0.5) is 10.1 Å². The lowest BCUT2D eigenvalue weighted by molar-refractivity contribution is 0.611. The number of nitrogens with one attached hydrogen (secondary N) is 1. The normalized spacial score (nSPS) is 9.23. The highest BCUT2D eigenvalue weighted by Crippen LogP contribution is 2.20. The van der Waals surface area contributed by atoms with Crippen LogP contribution < -0.4 is 5.32 Å². The fraction of sp³-hybridized carbons (Fsp3) is 0.0667. The molecule has 2 aromatic rings. The highest BCUT2D eigenvalue weighted by molar-refractivity contribution is 5.59. The molecule has 2 rings (SSSR count). The van der Waals surface area contributed by atoms with Crippen LogP contribution in [0.15, 0.2) is 41.9 Å². The smallest absolute Gasteiger partial charge is 0.163 e. The van der Waals surface area contributed by atoms with Crippen molar-refractivity contribution in [1.29, 1.82) is 15.8 Å². The number of aromatic nitrogens is 2. The fourth-order valence-electron chi connectivity index (χ4n) is 1.74. The van der Waals surface area contributed by atoms with E-state index in [1.165, 1.54) is 16.8 Å². The summed E-state index contributed by atoms with van der Waals surface area (Å²) in [7, 11) is 0. The average molecular weight is 292 g/mol. The van der Waals surface area contributed by atoms with E-state index in [0.717, 1.165) is 11.6 Å². The van der Waals surface area contributed by atoms with Crippen molar-refractivity contribution in [3.05, 3.63) is 53.2 Å². The molecule has 0 radical (unpaired) electrons. The molecule has 0 unspecified atom stereocenters. The molecule has 0 saturated carbocycles. The van der Waals surface area contributed by atoms with Gasteiger partial charge in [0.25, 0.3) is 0 Å². The molecule has 1 aromatic carbocycles. The summed E-state index contributed by atoms with van der Waals surface area (Å²) in [4.78, 5) is 0. The number of rotatable bonds is 3. The van der Waals surface area contributed by atoms with Crippen LogP contribution in [0.5, 0.6) is 0 Å². The maximum Gasteiger partial charge on any atom is 0.163 e. The van der Waals surface area contributed by atoms with Gasteiger partial charge in [-0.3, -0.25) is 0 Å². The molecule has 6 nitrogen and oxygen atoms in total. The zero-order chi connectivity index (χ0) is 16.1. The van der Waals surface area contributed by atoms with Gasteiger partial charge in [-0.25, -0.2) is 9.07 Å². The molecule has 0 bridgehead atoms. The van der Waals surface area contributed by atoms with Crippen LogP contribution in [0.1, 0.15) is 5.56 Å². The van der Waals surface area contributed by atoms with Crippen LogP contribution in [0.2, 0.25) is 0 Å². The van der Waals surface area contributed by atoms with Gasteiger partial charge in [0, 0.05) is 11.9 Å². The van der Waals surface area contributed by atoms with Gasteiger partial charge in [-0.15, -0.1) is 0 Å². The van der Waals surface area contributed by atoms with Gasteiger partial charge in [-0.2, -0.15) is 20.9 Å². The van der Waals surface area contributed by atoms with E-state index in [9.17, 15) is 4.39 Å². The van der Waals surface area contributed by atoms with E-state index in [-0.39, 0.29) is 22.6 Å². The van der Waals surface area contributed by atoms with Crippen molar-refractivity contribution in [3.8, 4) is 23.9 Å². The molecule has 1 N–H and O–H groups in total. The van der Waals surface area contributed by atoms with Gasteiger partial charge in [0.15, 0.2) is 11.4 Å². The van der Waals surface area contributed by atoms with Crippen LogP contribution >= 0.6 is 0 Å². The van der Waals surface area contributed by atoms with Gasteiger partial charge in [-0.05, 0) is 30.7 Å². The highest BCUT2D eigenvalue weighted by Gasteiger charge is 2.10. The Hall–Kier alpha value is -3.63. The van der Waals surface area contributed by atoms with E-state index in [1.54, 1.807) is 30.6 Å². The molecule has 1 heterocycles. The third-order valence-electron chi connectivity index (χ3n) is 2.76. The second kappa shape index (κ2) is 6.21. The topological polar surface area (TPSA) is 101 Å². The number of hydrogen-bond donors (Lipinski definition) is 1. The Bertz CT molecular complexity index is 857. The minimum Gasteiger partial charge on any atom is -0.345 e. The van der Waals surface area contributed by atoms with Gasteiger partial charge in [0.1, 0.15) is 29.6 Å². The summed E-state index contributed by atoms with van der Waals surface area (Å²) in [5.74, 6) is -0.555. The van der Waals surface area contributed by atoms with Gasteiger partial charge >= 0.3 is 0 Å². The summed E-state index contributed by atoms with van der Waals surface area (Å²) in [5.41, 5.74) is 0.803. The molecule has 0 atom stereocenters. The van der Waals surface area contributed by atoms with E-state index in [1.807, 2.05) is 6.92 Å². The molecule has 0 aliphatic carbocycles. The Balaban J connectivity index is 2.35. The molecule has 0 saturated heterocycles. The largest absolute Gasteiger partial charge is 0.345 e. The molecule has 0 aliphatic rings. The number of aryl methyl sites for hydroxylation is 1. The summed E-state index contributed by atoms with van der Waals surface area (Å²) in [6.45, 7) is 1.84. The third kappa shape index (κ3) is 2.92. The number of nitriles is 3. The zero-order valence-corrected chi connectivity index (χ0v) is 11.5. The fourth-order valence-corrected chi connectivity index (χ4v) is 1.74. The van der Waals surface area contributed by atoms with E-state index in [0.29, 0.717) is 0 Å². The summed E-state index contributed by atoms with van der Waals surface area (Å²) in [5, 5.41) is 33.0. The van der Waals surface area contributed by atoms with Gasteiger partial charge in [-0.1, -0.05) is 0 Å². The molecule has 22 heavy (non-hydrogen) atoms. The Morgan fingerprint density at radius 3 is 2.45 bits per heavy atom. The highest BCUT2D eigenvalue weighted by atomic mass is 19.1. The lowest BCUT2D eigenvalue weighted by Crippen LogP contribution is -2.03. The zero-order valence-electron chi connectivity index (χ0n) is 11.5. The van der Waals surface area contributed by atoms with Crippen molar-refractivity contribution < 1.29 is 4.39 Å². The quantitative estimate of drug-likeness (QED) is 0.876. The number of benzene rings is 1. The average Bonchev–Trinajstić information content (AvgIpc) is 2.93. The Labute approximate surface area is 125 Å². The van der Waals surface area contributed by atoms with E-state index < -0.39 is 5.82 Å². The molecule has 0 aliphatic heterocycles. The maximum absolute atomic E-state index is 14.1. The molecular weight excluding hydrogens is 283 g/mol. The standard InChI is InChI=1S/C15H9FN6/c1-10-8-20-22(9-10)15-3-2-12(4-13(15)16)21-14(7-19)11(5-17)6-18/h2-4,8-9,21H,1H3. The van der Waals surface area contributed by atoms with Gasteiger partial charge in [0.2, 0.25) is 0 Å². The Morgan fingerprint density at radius 1 is 1.23 bits per heavy atom. The first-order valence-corrected chi connectivity index (χ1v) is 6.12. The van der Waals surface area contributed by atoms with Crippen molar-refractivity contribution in [1.82, 2.24) is 9.78 Å². The van der Waals surface area contributed by atoms with Crippen LogP contribution in [-0.2, 0) is 0 Å². The van der Waals surface area contributed by atoms with E-state index in [4.69, 9.17) is 15.8 Å². The van der Waals surface area contributed by atoms with Crippen LogP contribution in [0.25, 0.3) is 5.69 Å². The lowest BCUT2D eigenvalue weighted by Gasteiger charge is -2.08. The predicted molar refractivity (Wildman–Crippen MR) is 75.7 cm³/mol. The third-order valence-corrected chi connectivity index (χ3v) is 2.76.